The molecule has 0 aliphatic rings. The van der Waals surface area contributed by atoms with E-state index in [1.165, 1.54) is 0 Å². The Balaban J connectivity index is 1.96. The van der Waals surface area contributed by atoms with Crippen molar-refractivity contribution in [2.75, 3.05) is 7.11 Å². The number of aromatic nitrogens is 1. The van der Waals surface area contributed by atoms with Gasteiger partial charge in [0.05, 0.1) is 7.11 Å². The average Bonchev–Trinajstić information content (AvgIpc) is 2.68. The van der Waals surface area contributed by atoms with Crippen LogP contribution in [0.5, 0.6) is 5.75 Å². The van der Waals surface area contributed by atoms with Crippen molar-refractivity contribution in [3.63, 3.8) is 0 Å². The quantitative estimate of drug-likeness (QED) is 0.758. The molecule has 1 heterocycles. The van der Waals surface area contributed by atoms with E-state index >= 15 is 0 Å². The Bertz CT molecular complexity index is 800. The van der Waals surface area contributed by atoms with Crippen LogP contribution in [-0.2, 0) is 5.60 Å². The van der Waals surface area contributed by atoms with E-state index in [-0.39, 0.29) is 0 Å². The highest BCUT2D eigenvalue weighted by Gasteiger charge is 2.29. The van der Waals surface area contributed by atoms with Gasteiger partial charge in [0, 0.05) is 12.4 Å². The van der Waals surface area contributed by atoms with Gasteiger partial charge in [0.25, 0.3) is 0 Å². The Labute approximate surface area is 142 Å². The fourth-order valence-electron chi connectivity index (χ4n) is 2.94. The molecule has 0 amide bonds. The Morgan fingerprint density at radius 2 is 1.58 bits per heavy atom. The molecule has 24 heavy (non-hydrogen) atoms. The van der Waals surface area contributed by atoms with Gasteiger partial charge in [-0.1, -0.05) is 43.3 Å². The molecule has 3 rings (SSSR count). The lowest BCUT2D eigenvalue weighted by Crippen LogP contribution is -2.26. The van der Waals surface area contributed by atoms with E-state index in [4.69, 9.17) is 4.74 Å². The zero-order valence-electron chi connectivity index (χ0n) is 13.9. The summed E-state index contributed by atoms with van der Waals surface area (Å²) in [5.74, 6) is 0.832. The molecule has 3 heteroatoms. The summed E-state index contributed by atoms with van der Waals surface area (Å²) in [4.78, 5) is 4.03. The predicted molar refractivity (Wildman–Crippen MR) is 96.0 cm³/mol. The summed E-state index contributed by atoms with van der Waals surface area (Å²) in [7, 11) is 1.66. The van der Waals surface area contributed by atoms with Gasteiger partial charge in [-0.3, -0.25) is 4.98 Å². The first-order valence-corrected chi connectivity index (χ1v) is 8.05. The maximum Gasteiger partial charge on any atom is 0.119 e. The second kappa shape index (κ2) is 6.85. The van der Waals surface area contributed by atoms with Crippen LogP contribution in [0.1, 0.15) is 24.5 Å². The van der Waals surface area contributed by atoms with Gasteiger partial charge in [0.1, 0.15) is 11.4 Å². The molecule has 1 atom stereocenters. The van der Waals surface area contributed by atoms with Crippen LogP contribution >= 0.6 is 0 Å². The predicted octanol–water partition coefficient (Wildman–Crippen LogP) is 4.40. The van der Waals surface area contributed by atoms with E-state index < -0.39 is 5.60 Å². The summed E-state index contributed by atoms with van der Waals surface area (Å²) in [6.07, 6.45) is 4.01. The highest BCUT2D eigenvalue weighted by atomic mass is 16.5. The third-order valence-corrected chi connectivity index (χ3v) is 4.44. The van der Waals surface area contributed by atoms with Crippen molar-refractivity contribution in [1.29, 1.82) is 0 Å². The summed E-state index contributed by atoms with van der Waals surface area (Å²) in [6, 6.07) is 19.7. The second-order valence-electron chi connectivity index (χ2n) is 5.76. The number of hydrogen-bond acceptors (Lipinski definition) is 3. The molecule has 1 N–H and O–H groups in total. The normalized spacial score (nSPS) is 13.3. The smallest absolute Gasteiger partial charge is 0.119 e. The van der Waals surface area contributed by atoms with E-state index in [1.807, 2.05) is 67.6 Å². The number of rotatable bonds is 5. The molecule has 0 saturated carbocycles. The van der Waals surface area contributed by atoms with Crippen molar-refractivity contribution in [2.45, 2.75) is 18.9 Å². The van der Waals surface area contributed by atoms with Crippen molar-refractivity contribution in [3.05, 3.63) is 84.2 Å². The van der Waals surface area contributed by atoms with Crippen LogP contribution in [0.15, 0.2) is 73.1 Å². The number of aliphatic hydroxyl groups is 1. The van der Waals surface area contributed by atoms with Gasteiger partial charge in [0.2, 0.25) is 0 Å². The van der Waals surface area contributed by atoms with Crippen LogP contribution in [0.4, 0.5) is 0 Å². The molecule has 2 aromatic carbocycles. The molecule has 0 aliphatic carbocycles. The minimum Gasteiger partial charge on any atom is -0.497 e. The first kappa shape index (κ1) is 16.2. The number of ether oxygens (including phenoxy) is 1. The van der Waals surface area contributed by atoms with Crippen LogP contribution < -0.4 is 4.74 Å². The zero-order chi connectivity index (χ0) is 17.0. The molecule has 0 bridgehead atoms. The molecule has 122 valence electrons. The summed E-state index contributed by atoms with van der Waals surface area (Å²) >= 11 is 0. The molecule has 0 spiro atoms. The van der Waals surface area contributed by atoms with Crippen molar-refractivity contribution in [2.24, 2.45) is 0 Å². The molecule has 3 aromatic rings. The molecular formula is C21H21NO2. The Kier molecular flexibility index (Phi) is 4.63. The van der Waals surface area contributed by atoms with Gasteiger partial charge in [-0.2, -0.15) is 0 Å². The maximum atomic E-state index is 11.2. The number of pyridine rings is 1. The summed E-state index contributed by atoms with van der Waals surface area (Å²) < 4.78 is 5.28. The van der Waals surface area contributed by atoms with Gasteiger partial charge in [-0.05, 0) is 52.9 Å². The maximum absolute atomic E-state index is 11.2. The largest absolute Gasteiger partial charge is 0.497 e. The zero-order valence-corrected chi connectivity index (χ0v) is 13.9. The minimum absolute atomic E-state index is 0.593. The van der Waals surface area contributed by atoms with Crippen LogP contribution in [0.3, 0.4) is 0 Å². The van der Waals surface area contributed by atoms with Crippen LogP contribution in [-0.4, -0.2) is 17.2 Å². The highest BCUT2D eigenvalue weighted by molar-refractivity contribution is 5.65. The molecule has 3 nitrogen and oxygen atoms in total. The first-order valence-electron chi connectivity index (χ1n) is 8.05. The summed E-state index contributed by atoms with van der Waals surface area (Å²) in [6.45, 7) is 1.98. The topological polar surface area (TPSA) is 42.4 Å². The molecular weight excluding hydrogens is 298 g/mol. The molecule has 1 aromatic heterocycles. The van der Waals surface area contributed by atoms with E-state index in [0.717, 1.165) is 28.0 Å². The SMILES string of the molecule is CCC(O)(c1ccncc1)c1ccc(-c2cccc(OC)c2)cc1. The lowest BCUT2D eigenvalue weighted by molar-refractivity contribution is 0.0764. The fraction of sp³-hybridized carbons (Fsp3) is 0.190. The van der Waals surface area contributed by atoms with Gasteiger partial charge in [-0.25, -0.2) is 0 Å². The van der Waals surface area contributed by atoms with Crippen molar-refractivity contribution in [1.82, 2.24) is 4.98 Å². The third kappa shape index (κ3) is 3.03. The van der Waals surface area contributed by atoms with E-state index in [2.05, 4.69) is 4.98 Å². The second-order valence-corrected chi connectivity index (χ2v) is 5.76. The van der Waals surface area contributed by atoms with Crippen molar-refractivity contribution in [3.8, 4) is 16.9 Å². The lowest BCUT2D eigenvalue weighted by Gasteiger charge is -2.28. The summed E-state index contributed by atoms with van der Waals surface area (Å²) in [5, 5.41) is 11.2. The third-order valence-electron chi connectivity index (χ3n) is 4.44. The standard InChI is InChI=1S/C21H21NO2/c1-3-21(23,19-11-13-22-14-12-19)18-9-7-16(8-10-18)17-5-4-6-20(15-17)24-2/h4-15,23H,3H2,1-2H3. The van der Waals surface area contributed by atoms with Crippen molar-refractivity contribution >= 4 is 0 Å². The van der Waals surface area contributed by atoms with E-state index in [1.54, 1.807) is 19.5 Å². The number of nitrogens with zero attached hydrogens (tertiary/aromatic N) is 1. The number of hydrogen-bond donors (Lipinski definition) is 1. The van der Waals surface area contributed by atoms with E-state index in [9.17, 15) is 5.11 Å². The minimum atomic E-state index is -1.00. The van der Waals surface area contributed by atoms with Crippen LogP contribution in [0, 0.1) is 0 Å². The Morgan fingerprint density at radius 3 is 2.21 bits per heavy atom. The van der Waals surface area contributed by atoms with Gasteiger partial charge < -0.3 is 9.84 Å². The number of benzene rings is 2. The van der Waals surface area contributed by atoms with Gasteiger partial charge in [-0.15, -0.1) is 0 Å². The Hall–Kier alpha value is -2.65. The van der Waals surface area contributed by atoms with Gasteiger partial charge in [0.15, 0.2) is 0 Å². The molecule has 0 fully saturated rings. The fourth-order valence-corrected chi connectivity index (χ4v) is 2.94. The lowest BCUT2D eigenvalue weighted by atomic mass is 9.84. The molecule has 0 saturated heterocycles. The van der Waals surface area contributed by atoms with E-state index in [0.29, 0.717) is 6.42 Å². The molecule has 0 aliphatic heterocycles. The van der Waals surface area contributed by atoms with Crippen LogP contribution in [0.25, 0.3) is 11.1 Å². The first-order chi connectivity index (χ1) is 11.7. The monoisotopic (exact) mass is 319 g/mol. The van der Waals surface area contributed by atoms with Gasteiger partial charge >= 0.3 is 0 Å². The number of methoxy groups -OCH3 is 1. The van der Waals surface area contributed by atoms with Crippen molar-refractivity contribution < 1.29 is 9.84 Å². The summed E-state index contributed by atoms with van der Waals surface area (Å²) in [5.41, 5.74) is 2.91. The van der Waals surface area contributed by atoms with Crippen LogP contribution in [0.2, 0.25) is 0 Å². The molecule has 1 unspecified atom stereocenters. The Morgan fingerprint density at radius 1 is 0.917 bits per heavy atom. The highest BCUT2D eigenvalue weighted by Crippen LogP contribution is 2.34. The molecule has 0 radical (unpaired) electrons. The average molecular weight is 319 g/mol.